The summed E-state index contributed by atoms with van der Waals surface area (Å²) in [6.45, 7) is 1.76. The number of rotatable bonds is 4. The van der Waals surface area contributed by atoms with E-state index in [9.17, 15) is 19.5 Å². The van der Waals surface area contributed by atoms with Crippen LogP contribution in [0.1, 0.15) is 17.3 Å². The summed E-state index contributed by atoms with van der Waals surface area (Å²) in [7, 11) is 1.50. The summed E-state index contributed by atoms with van der Waals surface area (Å²) in [6.07, 6.45) is 1.92. The molecule has 4 rings (SSSR count). The molecular formula is C18H17N5O4. The molecule has 3 heterocycles. The maximum atomic E-state index is 12.3. The van der Waals surface area contributed by atoms with Gasteiger partial charge in [0.1, 0.15) is 6.04 Å². The summed E-state index contributed by atoms with van der Waals surface area (Å²) >= 11 is 0. The first-order chi connectivity index (χ1) is 12.9. The number of hydrogen-bond donors (Lipinski definition) is 2. The van der Waals surface area contributed by atoms with Gasteiger partial charge in [-0.15, -0.1) is 0 Å². The first kappa shape index (κ1) is 16.8. The molecule has 3 aromatic heterocycles. The fourth-order valence-corrected chi connectivity index (χ4v) is 3.40. The third-order valence-corrected chi connectivity index (χ3v) is 4.71. The lowest BCUT2D eigenvalue weighted by atomic mass is 10.1. The molecule has 9 nitrogen and oxygen atoms in total. The second kappa shape index (κ2) is 5.97. The number of hydrogen-bond acceptors (Lipinski definition) is 4. The molecule has 0 saturated carbocycles. The minimum Gasteiger partial charge on any atom is -0.480 e. The third-order valence-electron chi connectivity index (χ3n) is 4.71. The molecule has 0 spiro atoms. The van der Waals surface area contributed by atoms with Crippen molar-refractivity contribution in [2.75, 3.05) is 0 Å². The number of aliphatic carboxylic acids is 1. The predicted octanol–water partition coefficient (Wildman–Crippen LogP) is 0.853. The first-order valence-electron chi connectivity index (χ1n) is 8.34. The molecule has 27 heavy (non-hydrogen) atoms. The van der Waals surface area contributed by atoms with E-state index in [0.29, 0.717) is 11.5 Å². The van der Waals surface area contributed by atoms with Crippen LogP contribution < -0.4 is 11.2 Å². The molecule has 4 aromatic rings. The highest BCUT2D eigenvalue weighted by Gasteiger charge is 2.26. The maximum Gasteiger partial charge on any atom is 0.329 e. The molecule has 1 atom stereocenters. The number of imidazole rings is 2. The SMILES string of the molecule is Cc1cn2c3c(=O)[nH]c(=O)n(C)c3nc2n1[C@@H](Cc1ccccc1)C(=O)O. The molecule has 9 heteroatoms. The van der Waals surface area contributed by atoms with Gasteiger partial charge in [0.05, 0.1) is 0 Å². The van der Waals surface area contributed by atoms with Crippen molar-refractivity contribution in [3.63, 3.8) is 0 Å². The Kier molecular flexibility index (Phi) is 3.72. The Labute approximate surface area is 152 Å². The zero-order valence-electron chi connectivity index (χ0n) is 14.7. The van der Waals surface area contributed by atoms with Crippen molar-refractivity contribution in [1.82, 2.24) is 23.5 Å². The number of aromatic amines is 1. The molecule has 0 aliphatic carbocycles. The van der Waals surface area contributed by atoms with Crippen LogP contribution in [0.3, 0.4) is 0 Å². The standard InChI is InChI=1S/C18H17N5O4/c1-10-9-22-13-14(21(2)18(27)20-15(13)24)19-17(22)23(10)12(16(25)26)8-11-6-4-3-5-7-11/h3-7,9,12H,8H2,1-2H3,(H,25,26)(H,20,24,27)/t12-/m0/s1. The van der Waals surface area contributed by atoms with E-state index in [2.05, 4.69) is 9.97 Å². The Morgan fingerprint density at radius 1 is 1.26 bits per heavy atom. The molecule has 0 unspecified atom stereocenters. The summed E-state index contributed by atoms with van der Waals surface area (Å²) in [5, 5.41) is 9.84. The lowest BCUT2D eigenvalue weighted by molar-refractivity contribution is -0.140. The quantitative estimate of drug-likeness (QED) is 0.555. The van der Waals surface area contributed by atoms with Gasteiger partial charge in [-0.25, -0.2) is 9.59 Å². The highest BCUT2D eigenvalue weighted by atomic mass is 16.4. The topological polar surface area (TPSA) is 114 Å². The van der Waals surface area contributed by atoms with Gasteiger partial charge in [-0.3, -0.25) is 23.3 Å². The van der Waals surface area contributed by atoms with E-state index in [0.717, 1.165) is 5.56 Å². The number of fused-ring (bicyclic) bond motifs is 3. The van der Waals surface area contributed by atoms with Gasteiger partial charge in [0.15, 0.2) is 11.2 Å². The number of aryl methyl sites for hydroxylation is 2. The van der Waals surface area contributed by atoms with Gasteiger partial charge >= 0.3 is 11.7 Å². The van der Waals surface area contributed by atoms with Gasteiger partial charge in [-0.2, -0.15) is 4.98 Å². The largest absolute Gasteiger partial charge is 0.480 e. The van der Waals surface area contributed by atoms with Crippen LogP contribution in [-0.4, -0.2) is 34.6 Å². The normalized spacial score (nSPS) is 12.7. The molecule has 2 N–H and O–H groups in total. The Hall–Kier alpha value is -3.62. The molecular weight excluding hydrogens is 350 g/mol. The molecule has 0 aliphatic rings. The summed E-state index contributed by atoms with van der Waals surface area (Å²) in [4.78, 5) is 42.8. The Morgan fingerprint density at radius 3 is 2.63 bits per heavy atom. The molecule has 0 radical (unpaired) electrons. The number of benzene rings is 1. The second-order valence-corrected chi connectivity index (χ2v) is 6.46. The van der Waals surface area contributed by atoms with Crippen LogP contribution in [0.4, 0.5) is 0 Å². The minimum absolute atomic E-state index is 0.205. The van der Waals surface area contributed by atoms with Gasteiger partial charge in [0.25, 0.3) is 5.56 Å². The van der Waals surface area contributed by atoms with Crippen LogP contribution >= 0.6 is 0 Å². The van der Waals surface area contributed by atoms with Crippen LogP contribution in [0, 0.1) is 6.92 Å². The molecule has 0 fully saturated rings. The van der Waals surface area contributed by atoms with E-state index in [-0.39, 0.29) is 17.6 Å². The average molecular weight is 367 g/mol. The lowest BCUT2D eigenvalue weighted by Crippen LogP contribution is -2.28. The first-order valence-corrected chi connectivity index (χ1v) is 8.34. The smallest absolute Gasteiger partial charge is 0.329 e. The number of carboxylic acid groups (broad SMARTS) is 1. The van der Waals surface area contributed by atoms with Gasteiger partial charge < -0.3 is 5.11 Å². The average Bonchev–Trinajstić information content (AvgIpc) is 3.13. The third kappa shape index (κ3) is 2.55. The summed E-state index contributed by atoms with van der Waals surface area (Å²) in [5.41, 5.74) is 0.797. The van der Waals surface area contributed by atoms with Gasteiger partial charge in [0, 0.05) is 25.4 Å². The number of nitrogens with zero attached hydrogens (tertiary/aromatic N) is 4. The van der Waals surface area contributed by atoms with Crippen molar-refractivity contribution >= 4 is 22.9 Å². The zero-order chi connectivity index (χ0) is 19.3. The number of carbonyl (C=O) groups is 1. The van der Waals surface area contributed by atoms with Gasteiger partial charge in [-0.05, 0) is 12.5 Å². The molecule has 0 bridgehead atoms. The van der Waals surface area contributed by atoms with Crippen molar-refractivity contribution < 1.29 is 9.90 Å². The molecule has 0 aliphatic heterocycles. The van der Waals surface area contributed by atoms with Crippen LogP contribution in [-0.2, 0) is 18.3 Å². The molecule has 0 amide bonds. The summed E-state index contributed by atoms with van der Waals surface area (Å²) < 4.78 is 4.35. The van der Waals surface area contributed by atoms with E-state index in [1.54, 1.807) is 17.7 Å². The van der Waals surface area contributed by atoms with E-state index in [1.165, 1.54) is 16.0 Å². The molecule has 1 aromatic carbocycles. The van der Waals surface area contributed by atoms with Crippen LogP contribution in [0.5, 0.6) is 0 Å². The van der Waals surface area contributed by atoms with Gasteiger partial charge in [0.2, 0.25) is 5.78 Å². The van der Waals surface area contributed by atoms with E-state index >= 15 is 0 Å². The Morgan fingerprint density at radius 2 is 1.96 bits per heavy atom. The Bertz CT molecular complexity index is 1290. The van der Waals surface area contributed by atoms with Crippen molar-refractivity contribution in [3.05, 3.63) is 68.6 Å². The number of carboxylic acids is 1. The number of aromatic nitrogens is 5. The zero-order valence-corrected chi connectivity index (χ0v) is 14.7. The van der Waals surface area contributed by atoms with Crippen LogP contribution in [0.15, 0.2) is 46.1 Å². The van der Waals surface area contributed by atoms with Crippen molar-refractivity contribution in [2.45, 2.75) is 19.4 Å². The minimum atomic E-state index is -1.00. The highest BCUT2D eigenvalue weighted by Crippen LogP contribution is 2.23. The molecule has 0 saturated heterocycles. The lowest BCUT2D eigenvalue weighted by Gasteiger charge is -2.16. The van der Waals surface area contributed by atoms with Crippen molar-refractivity contribution in [1.29, 1.82) is 0 Å². The van der Waals surface area contributed by atoms with E-state index in [4.69, 9.17) is 0 Å². The molecule has 138 valence electrons. The van der Waals surface area contributed by atoms with Gasteiger partial charge in [-0.1, -0.05) is 30.3 Å². The van der Waals surface area contributed by atoms with E-state index < -0.39 is 23.3 Å². The fourth-order valence-electron chi connectivity index (χ4n) is 3.40. The van der Waals surface area contributed by atoms with E-state index in [1.807, 2.05) is 30.3 Å². The second-order valence-electron chi connectivity index (χ2n) is 6.46. The number of nitrogens with one attached hydrogen (secondary N) is 1. The maximum absolute atomic E-state index is 12.3. The monoisotopic (exact) mass is 367 g/mol. The summed E-state index contributed by atoms with van der Waals surface area (Å²) in [6, 6.07) is 8.40. The van der Waals surface area contributed by atoms with Crippen LogP contribution in [0.25, 0.3) is 16.9 Å². The van der Waals surface area contributed by atoms with Crippen LogP contribution in [0.2, 0.25) is 0 Å². The highest BCUT2D eigenvalue weighted by molar-refractivity contribution is 5.78. The van der Waals surface area contributed by atoms with Crippen molar-refractivity contribution in [2.24, 2.45) is 7.05 Å². The fraction of sp³-hybridized carbons (Fsp3) is 0.222. The number of H-pyrrole nitrogens is 1. The Balaban J connectivity index is 1.99. The van der Waals surface area contributed by atoms with Crippen molar-refractivity contribution in [3.8, 4) is 0 Å². The summed E-state index contributed by atoms with van der Waals surface area (Å²) in [5.74, 6) is -0.701. The predicted molar refractivity (Wildman–Crippen MR) is 98.1 cm³/mol.